The highest BCUT2D eigenvalue weighted by molar-refractivity contribution is 7.63. The molecule has 0 spiro atoms. The fraction of sp³-hybridized carbons (Fsp3) is 0.500. The van der Waals surface area contributed by atoms with Crippen molar-refractivity contribution in [2.45, 2.75) is 13.8 Å². The van der Waals surface area contributed by atoms with E-state index in [0.29, 0.717) is 0 Å². The van der Waals surface area contributed by atoms with Crippen LogP contribution in [0.1, 0.15) is 13.8 Å². The minimum atomic E-state index is -0.0467. The Bertz CT molecular complexity index is 175. The molecule has 0 aromatic carbocycles. The minimum Gasteiger partial charge on any atom is -0.245 e. The highest BCUT2D eigenvalue weighted by atomic mass is 31.1. The molecule has 62 valence electrons. The van der Waals surface area contributed by atoms with Gasteiger partial charge in [-0.2, -0.15) is 0 Å². The van der Waals surface area contributed by atoms with Crippen LogP contribution in [0.15, 0.2) is 18.6 Å². The van der Waals surface area contributed by atoms with E-state index in [9.17, 15) is 0 Å². The fourth-order valence-corrected chi connectivity index (χ4v) is 1.20. The first-order chi connectivity index (χ1) is 5.30. The first-order valence-electron chi connectivity index (χ1n) is 3.74. The molecule has 1 aromatic rings. The molecule has 1 rings (SSSR count). The summed E-state index contributed by atoms with van der Waals surface area (Å²) >= 11 is 0. The second kappa shape index (κ2) is 6.23. The van der Waals surface area contributed by atoms with Crippen LogP contribution < -0.4 is 5.44 Å². The van der Waals surface area contributed by atoms with E-state index in [-0.39, 0.29) is 7.92 Å². The maximum absolute atomic E-state index is 4.10. The summed E-state index contributed by atoms with van der Waals surface area (Å²) < 4.78 is 0. The minimum absolute atomic E-state index is 0.0467. The summed E-state index contributed by atoms with van der Waals surface area (Å²) in [5.41, 5.74) is 1.17. The molecule has 0 unspecified atom stereocenters. The Hall–Kier alpha value is -0.490. The molecule has 0 radical (unpaired) electrons. The molecule has 11 heavy (non-hydrogen) atoms. The first-order valence-corrected chi connectivity index (χ1v) is 5.97. The van der Waals surface area contributed by atoms with E-state index in [0.717, 1.165) is 0 Å². The van der Waals surface area contributed by atoms with E-state index in [2.05, 4.69) is 23.3 Å². The normalized spacial score (nSPS) is 8.82. The molecule has 0 atom stereocenters. The third-order valence-corrected chi connectivity index (χ3v) is 2.21. The summed E-state index contributed by atoms with van der Waals surface area (Å²) in [6.07, 6.45) is 3.38. The molecule has 1 aromatic heterocycles. The van der Waals surface area contributed by atoms with Gasteiger partial charge in [-0.05, 0) is 19.4 Å². The number of rotatable bonds is 1. The van der Waals surface area contributed by atoms with Crippen molar-refractivity contribution in [3.05, 3.63) is 18.6 Å². The van der Waals surface area contributed by atoms with Crippen LogP contribution in [0.25, 0.3) is 0 Å². The maximum Gasteiger partial charge on any atom is 0.116 e. The zero-order valence-corrected chi connectivity index (χ0v) is 8.47. The molecule has 0 aliphatic heterocycles. The van der Waals surface area contributed by atoms with E-state index in [1.165, 1.54) is 5.44 Å². The van der Waals surface area contributed by atoms with E-state index in [4.69, 9.17) is 0 Å². The summed E-state index contributed by atoms with van der Waals surface area (Å²) in [5, 5.41) is 0. The summed E-state index contributed by atoms with van der Waals surface area (Å²) in [4.78, 5) is 7.92. The number of nitrogens with zero attached hydrogens (tertiary/aromatic N) is 2. The molecular weight excluding hydrogens is 155 g/mol. The van der Waals surface area contributed by atoms with Gasteiger partial charge in [-0.15, -0.1) is 0 Å². The lowest BCUT2D eigenvalue weighted by atomic mass is 10.7. The largest absolute Gasteiger partial charge is 0.245 e. The lowest BCUT2D eigenvalue weighted by molar-refractivity contribution is 1.20. The smallest absolute Gasteiger partial charge is 0.116 e. The SMILES string of the molecule is CC.CP(C)c1ccncn1. The topological polar surface area (TPSA) is 25.8 Å². The average molecular weight is 170 g/mol. The Morgan fingerprint density at radius 2 is 1.91 bits per heavy atom. The predicted octanol–water partition coefficient (Wildman–Crippen LogP) is 1.87. The van der Waals surface area contributed by atoms with Gasteiger partial charge in [0.25, 0.3) is 0 Å². The molecule has 1 heterocycles. The fourth-order valence-electron chi connectivity index (χ4n) is 0.548. The van der Waals surface area contributed by atoms with Gasteiger partial charge in [0.15, 0.2) is 0 Å². The summed E-state index contributed by atoms with van der Waals surface area (Å²) in [5.74, 6) is 0. The second-order valence-electron chi connectivity index (χ2n) is 1.96. The van der Waals surface area contributed by atoms with Crippen molar-refractivity contribution in [2.75, 3.05) is 13.3 Å². The molecule has 0 saturated carbocycles. The zero-order chi connectivity index (χ0) is 8.69. The molecule has 0 N–H and O–H groups in total. The lowest BCUT2D eigenvalue weighted by Gasteiger charge is -2.00. The van der Waals surface area contributed by atoms with Crippen LogP contribution in [0, 0.1) is 0 Å². The lowest BCUT2D eigenvalue weighted by Crippen LogP contribution is -2.03. The van der Waals surface area contributed by atoms with Crippen molar-refractivity contribution in [3.8, 4) is 0 Å². The van der Waals surface area contributed by atoms with Gasteiger partial charge in [-0.3, -0.25) is 0 Å². The number of hydrogen-bond donors (Lipinski definition) is 0. The summed E-state index contributed by atoms with van der Waals surface area (Å²) in [6, 6.07) is 1.96. The van der Waals surface area contributed by atoms with Crippen LogP contribution in [0.5, 0.6) is 0 Å². The van der Waals surface area contributed by atoms with Gasteiger partial charge in [0.2, 0.25) is 0 Å². The Balaban J connectivity index is 0.000000461. The van der Waals surface area contributed by atoms with Gasteiger partial charge in [0, 0.05) is 6.20 Å². The van der Waals surface area contributed by atoms with Gasteiger partial charge >= 0.3 is 0 Å². The molecule has 3 heteroatoms. The third-order valence-electron chi connectivity index (χ3n) is 1.02. The van der Waals surface area contributed by atoms with Crippen LogP contribution in [0.4, 0.5) is 0 Å². The molecule has 0 saturated heterocycles. The number of hydrogen-bond acceptors (Lipinski definition) is 2. The van der Waals surface area contributed by atoms with Crippen molar-refractivity contribution < 1.29 is 0 Å². The third kappa shape index (κ3) is 4.05. The Morgan fingerprint density at radius 3 is 2.18 bits per heavy atom. The van der Waals surface area contributed by atoms with Gasteiger partial charge in [0.05, 0.1) is 5.44 Å². The van der Waals surface area contributed by atoms with E-state index in [1.54, 1.807) is 12.5 Å². The Kier molecular flexibility index (Phi) is 5.96. The van der Waals surface area contributed by atoms with Crippen LogP contribution in [0.3, 0.4) is 0 Å². The molecule has 0 aliphatic rings. The Morgan fingerprint density at radius 1 is 1.27 bits per heavy atom. The van der Waals surface area contributed by atoms with Crippen LogP contribution in [0.2, 0.25) is 0 Å². The summed E-state index contributed by atoms with van der Waals surface area (Å²) in [6.45, 7) is 8.36. The van der Waals surface area contributed by atoms with Crippen molar-refractivity contribution in [1.82, 2.24) is 9.97 Å². The molecule has 2 nitrogen and oxygen atoms in total. The predicted molar refractivity (Wildman–Crippen MR) is 51.8 cm³/mol. The van der Waals surface area contributed by atoms with Crippen LogP contribution in [-0.2, 0) is 0 Å². The van der Waals surface area contributed by atoms with Gasteiger partial charge in [-0.1, -0.05) is 21.8 Å². The molecular formula is C8H15N2P. The van der Waals surface area contributed by atoms with Crippen molar-refractivity contribution >= 4 is 13.4 Å². The molecule has 0 aliphatic carbocycles. The molecule has 0 bridgehead atoms. The van der Waals surface area contributed by atoms with Crippen LogP contribution in [-0.4, -0.2) is 23.3 Å². The zero-order valence-electron chi connectivity index (χ0n) is 7.57. The maximum atomic E-state index is 4.10. The molecule has 0 fully saturated rings. The van der Waals surface area contributed by atoms with Crippen LogP contribution >= 0.6 is 7.92 Å². The van der Waals surface area contributed by atoms with Crippen molar-refractivity contribution in [1.29, 1.82) is 0 Å². The standard InChI is InChI=1S/C6H9N2P.C2H6/c1-9(2)6-3-4-7-5-8-6;1-2/h3-5H,1-2H3;1-2H3. The molecule has 0 amide bonds. The number of aromatic nitrogens is 2. The average Bonchev–Trinajstić information content (AvgIpc) is 2.10. The van der Waals surface area contributed by atoms with Gasteiger partial charge < -0.3 is 0 Å². The van der Waals surface area contributed by atoms with Gasteiger partial charge in [-0.25, -0.2) is 9.97 Å². The van der Waals surface area contributed by atoms with Crippen molar-refractivity contribution in [3.63, 3.8) is 0 Å². The summed E-state index contributed by atoms with van der Waals surface area (Å²) in [7, 11) is -0.0467. The van der Waals surface area contributed by atoms with Crippen molar-refractivity contribution in [2.24, 2.45) is 0 Å². The van der Waals surface area contributed by atoms with E-state index >= 15 is 0 Å². The van der Waals surface area contributed by atoms with E-state index < -0.39 is 0 Å². The highest BCUT2D eigenvalue weighted by Crippen LogP contribution is 2.20. The van der Waals surface area contributed by atoms with E-state index in [1.807, 2.05) is 19.9 Å². The van der Waals surface area contributed by atoms with Gasteiger partial charge in [0.1, 0.15) is 6.33 Å². The second-order valence-corrected chi connectivity index (χ2v) is 4.21. The quantitative estimate of drug-likeness (QED) is 0.601. The monoisotopic (exact) mass is 170 g/mol. The highest BCUT2D eigenvalue weighted by Gasteiger charge is 1.95. The Labute approximate surface area is 69.8 Å². The first kappa shape index (κ1) is 10.5.